The van der Waals surface area contributed by atoms with E-state index < -0.39 is 0 Å². The van der Waals surface area contributed by atoms with Crippen molar-refractivity contribution in [3.63, 3.8) is 0 Å². The van der Waals surface area contributed by atoms with Crippen molar-refractivity contribution in [1.29, 1.82) is 0 Å². The monoisotopic (exact) mass is 468 g/mol. The number of aromatic nitrogens is 3. The van der Waals surface area contributed by atoms with E-state index in [1.54, 1.807) is 7.11 Å². The maximum absolute atomic E-state index is 12.3. The summed E-state index contributed by atoms with van der Waals surface area (Å²) in [5, 5.41) is 12.7. The molecule has 7 nitrogen and oxygen atoms in total. The second-order valence-corrected chi connectivity index (χ2v) is 8.31. The molecule has 0 radical (unpaired) electrons. The van der Waals surface area contributed by atoms with E-state index in [1.165, 1.54) is 11.8 Å². The largest absolute Gasteiger partial charge is 0.497 e. The van der Waals surface area contributed by atoms with Crippen LogP contribution in [0.1, 0.15) is 5.76 Å². The van der Waals surface area contributed by atoms with Crippen molar-refractivity contribution in [3.05, 3.63) is 71.4 Å². The van der Waals surface area contributed by atoms with Crippen LogP contribution in [-0.4, -0.2) is 33.5 Å². The van der Waals surface area contributed by atoms with Gasteiger partial charge in [-0.05, 0) is 60.7 Å². The summed E-state index contributed by atoms with van der Waals surface area (Å²) in [4.78, 5) is 12.3. The highest BCUT2D eigenvalue weighted by molar-refractivity contribution is 7.99. The van der Waals surface area contributed by atoms with E-state index in [0.29, 0.717) is 22.5 Å². The molecule has 4 aromatic rings. The molecule has 0 unspecified atom stereocenters. The lowest BCUT2D eigenvalue weighted by Crippen LogP contribution is -2.24. The first kappa shape index (κ1) is 22.0. The number of benzene rings is 2. The summed E-state index contributed by atoms with van der Waals surface area (Å²) in [6.45, 7) is 0.308. The fourth-order valence-electron chi connectivity index (χ4n) is 3.04. The quantitative estimate of drug-likeness (QED) is 0.373. The minimum Gasteiger partial charge on any atom is -0.497 e. The third-order valence-corrected chi connectivity index (χ3v) is 6.04. The Morgan fingerprint density at radius 1 is 1.06 bits per heavy atom. The molecule has 0 aliphatic rings. The SMILES string of the molecule is COc1ccc(-c2nnc(SCC(=O)NCc3ccc(-c4ccc(Cl)cc4)o3)n2C)cc1. The Balaban J connectivity index is 1.30. The van der Waals surface area contributed by atoms with E-state index >= 15 is 0 Å². The average molecular weight is 469 g/mol. The van der Waals surface area contributed by atoms with Crippen molar-refractivity contribution in [2.45, 2.75) is 11.7 Å². The maximum Gasteiger partial charge on any atom is 0.230 e. The number of rotatable bonds is 8. The molecule has 4 rings (SSSR count). The first-order valence-corrected chi connectivity index (χ1v) is 11.2. The highest BCUT2D eigenvalue weighted by Crippen LogP contribution is 2.25. The van der Waals surface area contributed by atoms with Gasteiger partial charge in [-0.2, -0.15) is 0 Å². The molecular weight excluding hydrogens is 448 g/mol. The second kappa shape index (κ2) is 9.93. The van der Waals surface area contributed by atoms with Crippen LogP contribution in [0.25, 0.3) is 22.7 Å². The first-order valence-electron chi connectivity index (χ1n) is 9.81. The van der Waals surface area contributed by atoms with Crippen LogP contribution in [-0.2, 0) is 18.4 Å². The Hall–Kier alpha value is -3.23. The molecule has 0 aliphatic heterocycles. The summed E-state index contributed by atoms with van der Waals surface area (Å²) in [6, 6.07) is 18.7. The van der Waals surface area contributed by atoms with Crippen LogP contribution in [0.15, 0.2) is 70.2 Å². The number of thioether (sulfide) groups is 1. The maximum atomic E-state index is 12.3. The number of carbonyl (C=O) groups is 1. The van der Waals surface area contributed by atoms with Gasteiger partial charge in [0.05, 0.1) is 19.4 Å². The molecule has 0 saturated carbocycles. The van der Waals surface area contributed by atoms with Crippen molar-refractivity contribution in [2.24, 2.45) is 7.05 Å². The summed E-state index contributed by atoms with van der Waals surface area (Å²) in [5.74, 6) is 3.01. The fourth-order valence-corrected chi connectivity index (χ4v) is 3.91. The second-order valence-electron chi connectivity index (χ2n) is 6.93. The first-order chi connectivity index (χ1) is 15.5. The Bertz CT molecular complexity index is 1200. The summed E-state index contributed by atoms with van der Waals surface area (Å²) in [6.07, 6.45) is 0. The normalized spacial score (nSPS) is 10.8. The van der Waals surface area contributed by atoms with Crippen molar-refractivity contribution < 1.29 is 13.9 Å². The topological polar surface area (TPSA) is 82.2 Å². The molecule has 0 aliphatic carbocycles. The molecule has 164 valence electrons. The lowest BCUT2D eigenvalue weighted by molar-refractivity contribution is -0.118. The fraction of sp³-hybridized carbons (Fsp3) is 0.174. The van der Waals surface area contributed by atoms with Crippen LogP contribution in [0.4, 0.5) is 0 Å². The Morgan fingerprint density at radius 3 is 2.50 bits per heavy atom. The van der Waals surface area contributed by atoms with E-state index in [9.17, 15) is 4.79 Å². The molecule has 1 N–H and O–H groups in total. The zero-order chi connectivity index (χ0) is 22.5. The van der Waals surface area contributed by atoms with Crippen LogP contribution in [0.5, 0.6) is 5.75 Å². The van der Waals surface area contributed by atoms with Gasteiger partial charge in [0.2, 0.25) is 5.91 Å². The van der Waals surface area contributed by atoms with Crippen molar-refractivity contribution in [2.75, 3.05) is 12.9 Å². The van der Waals surface area contributed by atoms with Gasteiger partial charge in [0.25, 0.3) is 0 Å². The van der Waals surface area contributed by atoms with Crippen LogP contribution in [0.3, 0.4) is 0 Å². The van der Waals surface area contributed by atoms with E-state index in [2.05, 4.69) is 15.5 Å². The third kappa shape index (κ3) is 5.15. The summed E-state index contributed by atoms with van der Waals surface area (Å²) in [5.41, 5.74) is 1.85. The zero-order valence-corrected chi connectivity index (χ0v) is 19.1. The highest BCUT2D eigenvalue weighted by atomic mass is 35.5. The molecule has 2 aromatic heterocycles. The molecule has 0 spiro atoms. The number of carbonyl (C=O) groups excluding carboxylic acids is 1. The summed E-state index contributed by atoms with van der Waals surface area (Å²) >= 11 is 7.25. The van der Waals surface area contributed by atoms with Crippen LogP contribution in [0.2, 0.25) is 5.02 Å². The number of ether oxygens (including phenoxy) is 1. The van der Waals surface area contributed by atoms with Gasteiger partial charge < -0.3 is 19.0 Å². The van der Waals surface area contributed by atoms with Gasteiger partial charge >= 0.3 is 0 Å². The molecule has 2 aromatic carbocycles. The number of halogens is 1. The predicted octanol–water partition coefficient (Wildman–Crippen LogP) is 4.81. The average Bonchev–Trinajstić information content (AvgIpc) is 3.43. The lowest BCUT2D eigenvalue weighted by Gasteiger charge is -2.05. The molecule has 0 saturated heterocycles. The van der Waals surface area contributed by atoms with Crippen molar-refractivity contribution in [3.8, 4) is 28.5 Å². The molecular formula is C23H21ClN4O3S. The number of amides is 1. The number of methoxy groups -OCH3 is 1. The third-order valence-electron chi connectivity index (χ3n) is 4.77. The Kier molecular flexibility index (Phi) is 6.82. The molecule has 0 bridgehead atoms. The van der Waals surface area contributed by atoms with Crippen LogP contribution in [0, 0.1) is 0 Å². The Labute approximate surface area is 194 Å². The number of nitrogens with one attached hydrogen (secondary N) is 1. The van der Waals surface area contributed by atoms with Gasteiger partial charge in [-0.15, -0.1) is 10.2 Å². The van der Waals surface area contributed by atoms with Crippen LogP contribution < -0.4 is 10.1 Å². The Morgan fingerprint density at radius 2 is 1.78 bits per heavy atom. The van der Waals surface area contributed by atoms with Gasteiger partial charge in [0.15, 0.2) is 11.0 Å². The van der Waals surface area contributed by atoms with E-state index in [-0.39, 0.29) is 11.7 Å². The minimum absolute atomic E-state index is 0.117. The van der Waals surface area contributed by atoms with Crippen molar-refractivity contribution in [1.82, 2.24) is 20.1 Å². The summed E-state index contributed by atoms with van der Waals surface area (Å²) < 4.78 is 12.9. The van der Waals surface area contributed by atoms with Crippen molar-refractivity contribution >= 4 is 29.3 Å². The minimum atomic E-state index is -0.117. The smallest absolute Gasteiger partial charge is 0.230 e. The zero-order valence-electron chi connectivity index (χ0n) is 17.5. The van der Waals surface area contributed by atoms with E-state index in [0.717, 1.165) is 28.5 Å². The molecule has 9 heteroatoms. The van der Waals surface area contributed by atoms with E-state index in [4.69, 9.17) is 20.8 Å². The van der Waals surface area contributed by atoms with Gasteiger partial charge in [-0.1, -0.05) is 23.4 Å². The van der Waals surface area contributed by atoms with Gasteiger partial charge in [0, 0.05) is 23.2 Å². The van der Waals surface area contributed by atoms with Gasteiger partial charge in [-0.3, -0.25) is 4.79 Å². The molecule has 2 heterocycles. The lowest BCUT2D eigenvalue weighted by atomic mass is 10.2. The van der Waals surface area contributed by atoms with Gasteiger partial charge in [-0.25, -0.2) is 0 Å². The van der Waals surface area contributed by atoms with Gasteiger partial charge in [0.1, 0.15) is 17.3 Å². The molecule has 1 amide bonds. The number of hydrogen-bond acceptors (Lipinski definition) is 6. The number of nitrogens with zero attached hydrogens (tertiary/aromatic N) is 3. The number of hydrogen-bond donors (Lipinski definition) is 1. The standard InChI is InChI=1S/C23H21ClN4O3S/c1-28-22(16-5-9-18(30-2)10-6-16)26-27-23(28)32-14-21(29)25-13-19-11-12-20(31-19)15-3-7-17(24)8-4-15/h3-12H,13-14H2,1-2H3,(H,25,29). The molecule has 0 fully saturated rings. The summed E-state index contributed by atoms with van der Waals surface area (Å²) in [7, 11) is 3.50. The van der Waals surface area contributed by atoms with Crippen LogP contribution >= 0.6 is 23.4 Å². The predicted molar refractivity (Wildman–Crippen MR) is 125 cm³/mol. The number of furan rings is 1. The van der Waals surface area contributed by atoms with E-state index in [1.807, 2.05) is 72.3 Å². The molecule has 0 atom stereocenters. The molecule has 32 heavy (non-hydrogen) atoms. The highest BCUT2D eigenvalue weighted by Gasteiger charge is 2.13.